The van der Waals surface area contributed by atoms with E-state index in [4.69, 9.17) is 4.74 Å². The molecule has 0 fully saturated rings. The van der Waals surface area contributed by atoms with Gasteiger partial charge in [-0.05, 0) is 54.4 Å². The molecule has 0 radical (unpaired) electrons. The summed E-state index contributed by atoms with van der Waals surface area (Å²) in [5.74, 6) is 0.583. The Morgan fingerprint density at radius 1 is 1.12 bits per heavy atom. The first-order valence-electron chi connectivity index (χ1n) is 11.3. The summed E-state index contributed by atoms with van der Waals surface area (Å²) in [5, 5.41) is 4.76. The zero-order valence-electron chi connectivity index (χ0n) is 19.9. The van der Waals surface area contributed by atoms with Gasteiger partial charge in [-0.2, -0.15) is 4.31 Å². The van der Waals surface area contributed by atoms with Gasteiger partial charge in [0, 0.05) is 54.7 Å². The van der Waals surface area contributed by atoms with E-state index >= 15 is 0 Å². The lowest BCUT2D eigenvalue weighted by atomic mass is 10.1. The van der Waals surface area contributed by atoms with E-state index in [0.717, 1.165) is 27.7 Å². The number of aromatic amines is 1. The first-order valence-corrected chi connectivity index (χ1v) is 12.8. The molecule has 2 aromatic carbocycles. The third-order valence-corrected chi connectivity index (χ3v) is 8.29. The number of amides is 1. The average Bonchev–Trinajstić information content (AvgIpc) is 3.39. The van der Waals surface area contributed by atoms with Crippen LogP contribution in [-0.2, 0) is 23.5 Å². The standard InChI is InChI=1S/C25H30N4O4S/c1-5-29(6-2)34(31,32)20-8-10-23-18(13-20)14-24(28(23)3)25(30)26-12-11-17-16-27-22-9-7-19(33-4)15-21(17)22/h7-10,13-16,27H,5-6,11-12H2,1-4H3,(H,26,30). The Hall–Kier alpha value is -3.30. The van der Waals surface area contributed by atoms with Gasteiger partial charge < -0.3 is 19.6 Å². The summed E-state index contributed by atoms with van der Waals surface area (Å²) in [6.07, 6.45) is 2.61. The highest BCUT2D eigenvalue weighted by molar-refractivity contribution is 7.89. The highest BCUT2D eigenvalue weighted by Crippen LogP contribution is 2.25. The van der Waals surface area contributed by atoms with Crippen LogP contribution >= 0.6 is 0 Å². The Morgan fingerprint density at radius 3 is 2.59 bits per heavy atom. The Morgan fingerprint density at radius 2 is 1.88 bits per heavy atom. The lowest BCUT2D eigenvalue weighted by Crippen LogP contribution is -2.30. The van der Waals surface area contributed by atoms with E-state index in [1.165, 1.54) is 4.31 Å². The number of aryl methyl sites for hydroxylation is 1. The summed E-state index contributed by atoms with van der Waals surface area (Å²) < 4.78 is 34.3. The van der Waals surface area contributed by atoms with Crippen molar-refractivity contribution in [3.8, 4) is 5.75 Å². The maximum absolute atomic E-state index is 12.9. The van der Waals surface area contributed by atoms with E-state index in [-0.39, 0.29) is 10.8 Å². The number of carbonyl (C=O) groups excluding carboxylic acids is 1. The van der Waals surface area contributed by atoms with Gasteiger partial charge in [-0.25, -0.2) is 8.42 Å². The molecular formula is C25H30N4O4S. The summed E-state index contributed by atoms with van der Waals surface area (Å²) in [5.41, 5.74) is 3.39. The highest BCUT2D eigenvalue weighted by atomic mass is 32.2. The fraction of sp³-hybridized carbons (Fsp3) is 0.320. The molecular weight excluding hydrogens is 452 g/mol. The second-order valence-electron chi connectivity index (χ2n) is 8.13. The van der Waals surface area contributed by atoms with Crippen LogP contribution in [0.5, 0.6) is 5.75 Å². The molecule has 1 amide bonds. The summed E-state index contributed by atoms with van der Waals surface area (Å²) in [6.45, 7) is 4.91. The van der Waals surface area contributed by atoms with E-state index < -0.39 is 10.0 Å². The Labute approximate surface area is 199 Å². The third kappa shape index (κ3) is 4.28. The van der Waals surface area contributed by atoms with Gasteiger partial charge in [0.05, 0.1) is 12.0 Å². The molecule has 180 valence electrons. The van der Waals surface area contributed by atoms with Gasteiger partial charge in [0.15, 0.2) is 0 Å². The maximum atomic E-state index is 12.9. The minimum atomic E-state index is -3.57. The van der Waals surface area contributed by atoms with E-state index in [9.17, 15) is 13.2 Å². The number of nitrogens with zero attached hydrogens (tertiary/aromatic N) is 2. The van der Waals surface area contributed by atoms with Crippen LogP contribution in [0.15, 0.2) is 53.6 Å². The van der Waals surface area contributed by atoms with Gasteiger partial charge >= 0.3 is 0 Å². The number of fused-ring (bicyclic) bond motifs is 2. The zero-order valence-corrected chi connectivity index (χ0v) is 20.7. The first-order chi connectivity index (χ1) is 16.3. The molecule has 2 heterocycles. The van der Waals surface area contributed by atoms with Crippen LogP contribution in [-0.4, -0.2) is 54.9 Å². The molecule has 0 aliphatic carbocycles. The van der Waals surface area contributed by atoms with Crippen molar-refractivity contribution < 1.29 is 17.9 Å². The number of carbonyl (C=O) groups is 1. The quantitative estimate of drug-likeness (QED) is 0.380. The number of ether oxygens (including phenoxy) is 1. The molecule has 8 nitrogen and oxygen atoms in total. The summed E-state index contributed by atoms with van der Waals surface area (Å²) >= 11 is 0. The van der Waals surface area contributed by atoms with Crippen molar-refractivity contribution in [1.29, 1.82) is 0 Å². The zero-order chi connectivity index (χ0) is 24.5. The molecule has 9 heteroatoms. The number of aromatic nitrogens is 2. The van der Waals surface area contributed by atoms with Gasteiger partial charge in [0.25, 0.3) is 5.91 Å². The SMILES string of the molecule is CCN(CC)S(=O)(=O)c1ccc2c(c1)cc(C(=O)NCCc1c[nH]c3ccc(OC)cc13)n2C. The Kier molecular flexibility index (Phi) is 6.67. The van der Waals surface area contributed by atoms with Crippen LogP contribution in [0.3, 0.4) is 0 Å². The van der Waals surface area contributed by atoms with Crippen molar-refractivity contribution in [2.24, 2.45) is 7.05 Å². The van der Waals surface area contributed by atoms with Crippen molar-refractivity contribution in [1.82, 2.24) is 19.2 Å². The predicted molar refractivity (Wildman–Crippen MR) is 134 cm³/mol. The second-order valence-corrected chi connectivity index (χ2v) is 10.1. The molecule has 2 N–H and O–H groups in total. The third-order valence-electron chi connectivity index (χ3n) is 6.24. The average molecular weight is 483 g/mol. The molecule has 0 bridgehead atoms. The summed E-state index contributed by atoms with van der Waals surface area (Å²) in [4.78, 5) is 16.4. The number of sulfonamides is 1. The molecule has 0 saturated carbocycles. The molecule has 0 aliphatic rings. The Balaban J connectivity index is 1.51. The monoisotopic (exact) mass is 482 g/mol. The lowest BCUT2D eigenvalue weighted by molar-refractivity contribution is 0.0946. The molecule has 0 unspecified atom stereocenters. The molecule has 0 aliphatic heterocycles. The van der Waals surface area contributed by atoms with Crippen LogP contribution < -0.4 is 10.1 Å². The number of hydrogen-bond acceptors (Lipinski definition) is 4. The number of rotatable bonds is 9. The Bertz CT molecular complexity index is 1450. The smallest absolute Gasteiger partial charge is 0.267 e. The molecule has 0 saturated heterocycles. The van der Waals surface area contributed by atoms with Gasteiger partial charge in [-0.1, -0.05) is 13.8 Å². The van der Waals surface area contributed by atoms with Crippen molar-refractivity contribution in [2.45, 2.75) is 25.2 Å². The molecule has 0 spiro atoms. The summed E-state index contributed by atoms with van der Waals surface area (Å²) in [6, 6.07) is 12.6. The maximum Gasteiger partial charge on any atom is 0.267 e. The normalized spacial score (nSPS) is 12.0. The highest BCUT2D eigenvalue weighted by Gasteiger charge is 2.23. The fourth-order valence-corrected chi connectivity index (χ4v) is 5.80. The van der Waals surface area contributed by atoms with E-state index in [1.54, 1.807) is 35.9 Å². The van der Waals surface area contributed by atoms with E-state index in [0.29, 0.717) is 37.1 Å². The van der Waals surface area contributed by atoms with Gasteiger partial charge in [-0.3, -0.25) is 4.79 Å². The molecule has 34 heavy (non-hydrogen) atoms. The van der Waals surface area contributed by atoms with Crippen molar-refractivity contribution >= 4 is 37.7 Å². The first kappa shape index (κ1) is 23.8. The number of nitrogens with one attached hydrogen (secondary N) is 2. The minimum Gasteiger partial charge on any atom is -0.497 e. The second kappa shape index (κ2) is 9.52. The van der Waals surface area contributed by atoms with Crippen LogP contribution in [0.1, 0.15) is 29.9 Å². The largest absolute Gasteiger partial charge is 0.497 e. The van der Waals surface area contributed by atoms with Crippen LogP contribution in [0.2, 0.25) is 0 Å². The fourth-order valence-electron chi connectivity index (χ4n) is 4.31. The predicted octanol–water partition coefficient (Wildman–Crippen LogP) is 3.67. The number of H-pyrrole nitrogens is 1. The van der Waals surface area contributed by atoms with Crippen LogP contribution in [0, 0.1) is 0 Å². The van der Waals surface area contributed by atoms with Gasteiger partial charge in [0.2, 0.25) is 10.0 Å². The lowest BCUT2D eigenvalue weighted by Gasteiger charge is -2.18. The number of methoxy groups -OCH3 is 1. The van der Waals surface area contributed by atoms with Crippen LogP contribution in [0.25, 0.3) is 21.8 Å². The van der Waals surface area contributed by atoms with Gasteiger partial charge in [-0.15, -0.1) is 0 Å². The number of hydrogen-bond donors (Lipinski definition) is 2. The topological polar surface area (TPSA) is 96.4 Å². The number of benzene rings is 2. The molecule has 4 aromatic rings. The van der Waals surface area contributed by atoms with Crippen LogP contribution in [0.4, 0.5) is 0 Å². The van der Waals surface area contributed by atoms with E-state index in [1.807, 2.05) is 45.3 Å². The van der Waals surface area contributed by atoms with Crippen molar-refractivity contribution in [3.05, 3.63) is 59.9 Å². The van der Waals surface area contributed by atoms with Gasteiger partial charge in [0.1, 0.15) is 11.4 Å². The molecule has 0 atom stereocenters. The molecule has 4 rings (SSSR count). The van der Waals surface area contributed by atoms with E-state index in [2.05, 4.69) is 10.3 Å². The van der Waals surface area contributed by atoms with Crippen molar-refractivity contribution in [3.63, 3.8) is 0 Å². The van der Waals surface area contributed by atoms with Crippen molar-refractivity contribution in [2.75, 3.05) is 26.7 Å². The minimum absolute atomic E-state index is 0.204. The molecule has 2 aromatic heterocycles. The summed E-state index contributed by atoms with van der Waals surface area (Å²) in [7, 11) is -0.122.